The smallest absolute Gasteiger partial charge is 0.270 e. The van der Waals surface area contributed by atoms with Crippen molar-refractivity contribution in [3.63, 3.8) is 0 Å². The molecule has 0 atom stereocenters. The van der Waals surface area contributed by atoms with Gasteiger partial charge >= 0.3 is 0 Å². The van der Waals surface area contributed by atoms with Gasteiger partial charge in [0.2, 0.25) is 0 Å². The Labute approximate surface area is 106 Å². The maximum absolute atomic E-state index is 12.0. The molecule has 0 bridgehead atoms. The van der Waals surface area contributed by atoms with Crippen LogP contribution < -0.4 is 10.2 Å². The lowest BCUT2D eigenvalue weighted by Crippen LogP contribution is -2.31. The van der Waals surface area contributed by atoms with Crippen LogP contribution in [0.4, 0.5) is 11.4 Å². The number of non-ortho nitro benzene ring substituents is 1. The fourth-order valence-electron chi connectivity index (χ4n) is 1.55. The van der Waals surface area contributed by atoms with E-state index < -0.39 is 4.92 Å². The van der Waals surface area contributed by atoms with Crippen molar-refractivity contribution < 1.29 is 9.72 Å². The Bertz CT molecular complexity index is 470. The van der Waals surface area contributed by atoms with Gasteiger partial charge in [-0.2, -0.15) is 0 Å². The molecule has 0 heterocycles. The number of nitrogens with zero attached hydrogens (tertiary/aromatic N) is 2. The van der Waals surface area contributed by atoms with Crippen LogP contribution in [0.3, 0.4) is 0 Å². The first-order valence-corrected chi connectivity index (χ1v) is 5.59. The Kier molecular flexibility index (Phi) is 4.25. The van der Waals surface area contributed by atoms with E-state index in [0.717, 1.165) is 0 Å². The third-order valence-corrected chi connectivity index (χ3v) is 2.34. The minimum atomic E-state index is -0.508. The van der Waals surface area contributed by atoms with E-state index in [4.69, 9.17) is 0 Å². The number of hydrogen-bond donors (Lipinski definition) is 1. The van der Waals surface area contributed by atoms with Crippen molar-refractivity contribution in [2.45, 2.75) is 19.9 Å². The summed E-state index contributed by atoms with van der Waals surface area (Å²) in [5.74, 6) is -0.308. The third kappa shape index (κ3) is 3.19. The Balaban J connectivity index is 3.23. The summed E-state index contributed by atoms with van der Waals surface area (Å²) in [6.07, 6.45) is 0. The largest absolute Gasteiger partial charge is 0.377 e. The number of anilines is 1. The van der Waals surface area contributed by atoms with Gasteiger partial charge in [-0.15, -0.1) is 0 Å². The van der Waals surface area contributed by atoms with Crippen LogP contribution in [0.5, 0.6) is 0 Å². The second kappa shape index (κ2) is 5.48. The highest BCUT2D eigenvalue weighted by Gasteiger charge is 2.18. The highest BCUT2D eigenvalue weighted by molar-refractivity contribution is 6.00. The van der Waals surface area contributed by atoms with Crippen LogP contribution in [0.1, 0.15) is 24.2 Å². The number of nitrogens with one attached hydrogen (secondary N) is 1. The minimum Gasteiger partial charge on any atom is -0.377 e. The van der Waals surface area contributed by atoms with Crippen molar-refractivity contribution in [1.29, 1.82) is 0 Å². The topological polar surface area (TPSA) is 75.5 Å². The molecule has 18 heavy (non-hydrogen) atoms. The molecule has 0 unspecified atom stereocenters. The summed E-state index contributed by atoms with van der Waals surface area (Å²) < 4.78 is 0. The SMILES string of the molecule is CC(C)NC(=O)c1cc([N+](=O)[O-])ccc1N(C)C. The van der Waals surface area contributed by atoms with Crippen LogP contribution in [0.15, 0.2) is 18.2 Å². The lowest BCUT2D eigenvalue weighted by atomic mass is 10.1. The molecule has 0 aliphatic rings. The van der Waals surface area contributed by atoms with Crippen molar-refractivity contribution >= 4 is 17.3 Å². The van der Waals surface area contributed by atoms with Crippen molar-refractivity contribution in [3.8, 4) is 0 Å². The number of amides is 1. The number of rotatable bonds is 4. The number of hydrogen-bond acceptors (Lipinski definition) is 4. The number of benzene rings is 1. The molecular formula is C12H17N3O3. The van der Waals surface area contributed by atoms with Gasteiger partial charge in [0.25, 0.3) is 11.6 Å². The second-order valence-electron chi connectivity index (χ2n) is 4.48. The summed E-state index contributed by atoms with van der Waals surface area (Å²) in [5, 5.41) is 13.5. The van der Waals surface area contributed by atoms with Crippen LogP contribution in [0.25, 0.3) is 0 Å². The Morgan fingerprint density at radius 3 is 2.44 bits per heavy atom. The van der Waals surface area contributed by atoms with Crippen LogP contribution in [-0.4, -0.2) is 31.0 Å². The van der Waals surface area contributed by atoms with E-state index in [1.165, 1.54) is 12.1 Å². The summed E-state index contributed by atoms with van der Waals surface area (Å²) in [6.45, 7) is 3.68. The van der Waals surface area contributed by atoms with Gasteiger partial charge in [-0.05, 0) is 19.9 Å². The lowest BCUT2D eigenvalue weighted by Gasteiger charge is -2.17. The molecule has 6 heteroatoms. The van der Waals surface area contributed by atoms with E-state index in [-0.39, 0.29) is 17.6 Å². The minimum absolute atomic E-state index is 0.0215. The van der Waals surface area contributed by atoms with Gasteiger partial charge in [0.1, 0.15) is 0 Å². The van der Waals surface area contributed by atoms with Gasteiger partial charge in [-0.25, -0.2) is 0 Å². The molecule has 0 saturated carbocycles. The van der Waals surface area contributed by atoms with E-state index in [0.29, 0.717) is 11.3 Å². The molecule has 1 aromatic rings. The molecule has 6 nitrogen and oxygen atoms in total. The van der Waals surface area contributed by atoms with Gasteiger partial charge < -0.3 is 10.2 Å². The zero-order chi connectivity index (χ0) is 13.9. The predicted octanol–water partition coefficient (Wildman–Crippen LogP) is 1.80. The van der Waals surface area contributed by atoms with E-state index in [2.05, 4.69) is 5.32 Å². The number of carbonyl (C=O) groups excluding carboxylic acids is 1. The zero-order valence-electron chi connectivity index (χ0n) is 10.9. The number of nitro benzene ring substituents is 1. The average Bonchev–Trinajstić information content (AvgIpc) is 2.26. The molecule has 1 rings (SSSR count). The highest BCUT2D eigenvalue weighted by atomic mass is 16.6. The summed E-state index contributed by atoms with van der Waals surface area (Å²) in [5.41, 5.74) is 0.871. The van der Waals surface area contributed by atoms with Gasteiger partial charge in [0, 0.05) is 38.0 Å². The van der Waals surface area contributed by atoms with Gasteiger partial charge in [-0.3, -0.25) is 14.9 Å². The lowest BCUT2D eigenvalue weighted by molar-refractivity contribution is -0.384. The van der Waals surface area contributed by atoms with Crippen molar-refractivity contribution in [1.82, 2.24) is 5.32 Å². The molecule has 98 valence electrons. The van der Waals surface area contributed by atoms with Crippen LogP contribution in [-0.2, 0) is 0 Å². The van der Waals surface area contributed by atoms with E-state index in [1.807, 2.05) is 13.8 Å². The summed E-state index contributed by atoms with van der Waals surface area (Å²) in [4.78, 5) is 24.0. The Hall–Kier alpha value is -2.11. The fraction of sp³-hybridized carbons (Fsp3) is 0.417. The quantitative estimate of drug-likeness (QED) is 0.654. The first-order valence-electron chi connectivity index (χ1n) is 5.59. The molecule has 0 aliphatic heterocycles. The van der Waals surface area contributed by atoms with Crippen molar-refractivity contribution in [2.24, 2.45) is 0 Å². The van der Waals surface area contributed by atoms with Crippen LogP contribution in [0.2, 0.25) is 0 Å². The molecule has 0 aliphatic carbocycles. The van der Waals surface area contributed by atoms with Gasteiger partial charge in [0.15, 0.2) is 0 Å². The van der Waals surface area contributed by atoms with E-state index in [9.17, 15) is 14.9 Å². The standard InChI is InChI=1S/C12H17N3O3/c1-8(2)13-12(16)10-7-9(15(17)18)5-6-11(10)14(3)4/h5-8H,1-4H3,(H,13,16). The fourth-order valence-corrected chi connectivity index (χ4v) is 1.55. The molecular weight excluding hydrogens is 234 g/mol. The van der Waals surface area contributed by atoms with Gasteiger partial charge in [0.05, 0.1) is 10.5 Å². The van der Waals surface area contributed by atoms with E-state index >= 15 is 0 Å². The van der Waals surface area contributed by atoms with Crippen LogP contribution >= 0.6 is 0 Å². The molecule has 1 amide bonds. The van der Waals surface area contributed by atoms with Gasteiger partial charge in [-0.1, -0.05) is 0 Å². The predicted molar refractivity (Wildman–Crippen MR) is 70.0 cm³/mol. The molecule has 1 N–H and O–H groups in total. The molecule has 0 aromatic heterocycles. The summed E-state index contributed by atoms with van der Waals surface area (Å²) in [7, 11) is 3.57. The Morgan fingerprint density at radius 2 is 2.00 bits per heavy atom. The van der Waals surface area contributed by atoms with Crippen LogP contribution in [0, 0.1) is 10.1 Å². The Morgan fingerprint density at radius 1 is 1.39 bits per heavy atom. The summed E-state index contributed by atoms with van der Waals surface area (Å²) >= 11 is 0. The maximum Gasteiger partial charge on any atom is 0.270 e. The van der Waals surface area contributed by atoms with E-state index in [1.54, 1.807) is 25.1 Å². The molecule has 1 aromatic carbocycles. The normalized spacial score (nSPS) is 10.3. The number of nitro groups is 1. The monoisotopic (exact) mass is 251 g/mol. The third-order valence-electron chi connectivity index (χ3n) is 2.34. The molecule has 0 saturated heterocycles. The highest BCUT2D eigenvalue weighted by Crippen LogP contribution is 2.24. The van der Waals surface area contributed by atoms with Crippen molar-refractivity contribution in [2.75, 3.05) is 19.0 Å². The average molecular weight is 251 g/mol. The second-order valence-corrected chi connectivity index (χ2v) is 4.48. The number of carbonyl (C=O) groups is 1. The van der Waals surface area contributed by atoms with Crippen molar-refractivity contribution in [3.05, 3.63) is 33.9 Å². The molecule has 0 spiro atoms. The molecule has 0 fully saturated rings. The molecule has 0 radical (unpaired) electrons. The first-order chi connectivity index (χ1) is 8.32. The zero-order valence-corrected chi connectivity index (χ0v) is 10.9. The summed E-state index contributed by atoms with van der Waals surface area (Å²) in [6, 6.07) is 4.24. The first kappa shape index (κ1) is 14.0. The maximum atomic E-state index is 12.0.